The van der Waals surface area contributed by atoms with Gasteiger partial charge in [-0.25, -0.2) is 9.37 Å². The summed E-state index contributed by atoms with van der Waals surface area (Å²) in [4.78, 5) is 3.86. The van der Waals surface area contributed by atoms with Crippen LogP contribution in [0.2, 0.25) is 0 Å². The molecule has 3 nitrogen and oxygen atoms in total. The molecule has 2 aromatic rings. The van der Waals surface area contributed by atoms with Crippen LogP contribution in [0, 0.1) is 5.82 Å². The minimum Gasteiger partial charge on any atom is -0.497 e. The summed E-state index contributed by atoms with van der Waals surface area (Å²) in [6.45, 7) is 0.239. The number of rotatable bonds is 4. The molecule has 18 heavy (non-hydrogen) atoms. The van der Waals surface area contributed by atoms with Gasteiger partial charge in [-0.1, -0.05) is 12.1 Å². The van der Waals surface area contributed by atoms with Crippen LogP contribution in [0.4, 0.5) is 4.39 Å². The van der Waals surface area contributed by atoms with Gasteiger partial charge in [-0.05, 0) is 39.7 Å². The minimum atomic E-state index is -0.493. The quantitative estimate of drug-likeness (QED) is 0.865. The number of benzene rings is 1. The Morgan fingerprint density at radius 3 is 2.89 bits per heavy atom. The summed E-state index contributed by atoms with van der Waals surface area (Å²) >= 11 is 3.14. The number of ether oxygens (including phenoxy) is 2. The van der Waals surface area contributed by atoms with Crippen molar-refractivity contribution >= 4 is 15.9 Å². The summed E-state index contributed by atoms with van der Waals surface area (Å²) in [5.41, 5.74) is 0.887. The number of halogens is 2. The van der Waals surface area contributed by atoms with E-state index in [1.54, 1.807) is 7.11 Å². The highest BCUT2D eigenvalue weighted by atomic mass is 79.9. The highest BCUT2D eigenvalue weighted by molar-refractivity contribution is 9.10. The number of hydrogen-bond donors (Lipinski definition) is 0. The second-order valence-electron chi connectivity index (χ2n) is 3.58. The number of pyridine rings is 1. The van der Waals surface area contributed by atoms with Crippen LogP contribution < -0.4 is 9.47 Å². The van der Waals surface area contributed by atoms with E-state index in [0.29, 0.717) is 4.47 Å². The topological polar surface area (TPSA) is 31.4 Å². The van der Waals surface area contributed by atoms with Gasteiger partial charge in [-0.15, -0.1) is 0 Å². The molecule has 0 amide bonds. The maximum Gasteiger partial charge on any atom is 0.250 e. The SMILES string of the molecule is COc1cccc(COc2ncc(Br)cc2F)c1. The van der Waals surface area contributed by atoms with Crippen LogP contribution in [-0.2, 0) is 6.61 Å². The molecule has 0 saturated carbocycles. The van der Waals surface area contributed by atoms with Crippen LogP contribution in [-0.4, -0.2) is 12.1 Å². The second-order valence-corrected chi connectivity index (χ2v) is 4.50. The molecule has 0 aliphatic heterocycles. The lowest BCUT2D eigenvalue weighted by molar-refractivity contribution is 0.276. The Morgan fingerprint density at radius 1 is 1.33 bits per heavy atom. The van der Waals surface area contributed by atoms with Crippen LogP contribution in [0.15, 0.2) is 41.0 Å². The molecule has 94 valence electrons. The molecular weight excluding hydrogens is 301 g/mol. The fourth-order valence-corrected chi connectivity index (χ4v) is 1.73. The van der Waals surface area contributed by atoms with E-state index < -0.39 is 5.82 Å². The molecular formula is C13H11BrFNO2. The third-order valence-electron chi connectivity index (χ3n) is 2.28. The largest absolute Gasteiger partial charge is 0.497 e. The van der Waals surface area contributed by atoms with Crippen LogP contribution in [0.1, 0.15) is 5.56 Å². The second kappa shape index (κ2) is 5.82. The predicted molar refractivity (Wildman–Crippen MR) is 69.2 cm³/mol. The van der Waals surface area contributed by atoms with Crippen molar-refractivity contribution in [2.24, 2.45) is 0 Å². The first-order valence-corrected chi connectivity index (χ1v) is 6.05. The smallest absolute Gasteiger partial charge is 0.250 e. The predicted octanol–water partition coefficient (Wildman–Crippen LogP) is 3.57. The van der Waals surface area contributed by atoms with Crippen molar-refractivity contribution < 1.29 is 13.9 Å². The lowest BCUT2D eigenvalue weighted by Crippen LogP contribution is -1.99. The molecule has 0 aliphatic carbocycles. The van der Waals surface area contributed by atoms with Gasteiger partial charge in [0.1, 0.15) is 12.4 Å². The normalized spacial score (nSPS) is 10.2. The number of hydrogen-bond acceptors (Lipinski definition) is 3. The van der Waals surface area contributed by atoms with Gasteiger partial charge < -0.3 is 9.47 Å². The van der Waals surface area contributed by atoms with Crippen LogP contribution in [0.25, 0.3) is 0 Å². The Kier molecular flexibility index (Phi) is 4.15. The molecule has 0 spiro atoms. The van der Waals surface area contributed by atoms with Gasteiger partial charge in [0.05, 0.1) is 7.11 Å². The van der Waals surface area contributed by atoms with Crippen LogP contribution in [0.3, 0.4) is 0 Å². The molecule has 1 aromatic carbocycles. The summed E-state index contributed by atoms with van der Waals surface area (Å²) in [5.74, 6) is 0.230. The molecule has 0 radical (unpaired) electrons. The summed E-state index contributed by atoms with van der Waals surface area (Å²) in [7, 11) is 1.59. The van der Waals surface area contributed by atoms with Gasteiger partial charge in [0.2, 0.25) is 0 Å². The van der Waals surface area contributed by atoms with Gasteiger partial charge in [0.25, 0.3) is 5.88 Å². The number of aromatic nitrogens is 1. The van der Waals surface area contributed by atoms with E-state index in [1.165, 1.54) is 12.3 Å². The van der Waals surface area contributed by atoms with Crippen molar-refractivity contribution in [3.63, 3.8) is 0 Å². The molecule has 1 heterocycles. The van der Waals surface area contributed by atoms with Gasteiger partial charge in [0.15, 0.2) is 5.82 Å². The Labute approximate surface area is 113 Å². The lowest BCUT2D eigenvalue weighted by atomic mass is 10.2. The van der Waals surface area contributed by atoms with Gasteiger partial charge in [-0.2, -0.15) is 0 Å². The maximum atomic E-state index is 13.5. The first kappa shape index (κ1) is 12.8. The van der Waals surface area contributed by atoms with Crippen molar-refractivity contribution in [2.75, 3.05) is 7.11 Å². The summed E-state index contributed by atoms with van der Waals surface area (Å²) in [5, 5.41) is 0. The molecule has 2 rings (SSSR count). The summed E-state index contributed by atoms with van der Waals surface area (Å²) < 4.78 is 24.4. The average molecular weight is 312 g/mol. The summed E-state index contributed by atoms with van der Waals surface area (Å²) in [6.07, 6.45) is 1.49. The monoisotopic (exact) mass is 311 g/mol. The molecule has 0 bridgehead atoms. The fraction of sp³-hybridized carbons (Fsp3) is 0.154. The zero-order valence-corrected chi connectivity index (χ0v) is 11.3. The van der Waals surface area contributed by atoms with Crippen molar-refractivity contribution in [2.45, 2.75) is 6.61 Å². The highest BCUT2D eigenvalue weighted by Gasteiger charge is 2.06. The van der Waals surface area contributed by atoms with Crippen molar-refractivity contribution in [1.29, 1.82) is 0 Å². The molecule has 5 heteroatoms. The van der Waals surface area contributed by atoms with E-state index >= 15 is 0 Å². The standard InChI is InChI=1S/C13H11BrFNO2/c1-17-11-4-2-3-9(5-11)8-18-13-12(15)6-10(14)7-16-13/h2-7H,8H2,1H3. The van der Waals surface area contributed by atoms with Gasteiger partial charge >= 0.3 is 0 Å². The van der Waals surface area contributed by atoms with Crippen LogP contribution >= 0.6 is 15.9 Å². The first-order chi connectivity index (χ1) is 8.69. The van der Waals surface area contributed by atoms with Crippen molar-refractivity contribution in [3.05, 3.63) is 52.4 Å². The van der Waals surface area contributed by atoms with E-state index in [9.17, 15) is 4.39 Å². The van der Waals surface area contributed by atoms with Crippen molar-refractivity contribution in [1.82, 2.24) is 4.98 Å². The van der Waals surface area contributed by atoms with E-state index in [1.807, 2.05) is 24.3 Å². The van der Waals surface area contributed by atoms with E-state index in [2.05, 4.69) is 20.9 Å². The molecule has 0 unspecified atom stereocenters. The highest BCUT2D eigenvalue weighted by Crippen LogP contribution is 2.20. The first-order valence-electron chi connectivity index (χ1n) is 5.26. The molecule has 0 N–H and O–H groups in total. The molecule has 0 atom stereocenters. The fourth-order valence-electron chi connectivity index (χ4n) is 1.42. The average Bonchev–Trinajstić information content (AvgIpc) is 2.38. The molecule has 1 aromatic heterocycles. The van der Waals surface area contributed by atoms with E-state index in [4.69, 9.17) is 9.47 Å². The molecule has 0 aliphatic rings. The Bertz CT molecular complexity index is 548. The zero-order chi connectivity index (χ0) is 13.0. The number of methoxy groups -OCH3 is 1. The molecule has 0 fully saturated rings. The minimum absolute atomic E-state index is 0.0129. The third-order valence-corrected chi connectivity index (χ3v) is 2.72. The maximum absolute atomic E-state index is 13.5. The van der Waals surface area contributed by atoms with Gasteiger partial charge in [0, 0.05) is 10.7 Å². The van der Waals surface area contributed by atoms with E-state index in [0.717, 1.165) is 11.3 Å². The lowest BCUT2D eigenvalue weighted by Gasteiger charge is -2.07. The third kappa shape index (κ3) is 3.20. The Balaban J connectivity index is 2.06. The number of nitrogens with zero attached hydrogens (tertiary/aromatic N) is 1. The van der Waals surface area contributed by atoms with Gasteiger partial charge in [-0.3, -0.25) is 0 Å². The Morgan fingerprint density at radius 2 is 2.17 bits per heavy atom. The molecule has 0 saturated heterocycles. The Hall–Kier alpha value is -1.62. The van der Waals surface area contributed by atoms with Crippen LogP contribution in [0.5, 0.6) is 11.6 Å². The van der Waals surface area contributed by atoms with Crippen molar-refractivity contribution in [3.8, 4) is 11.6 Å². The zero-order valence-electron chi connectivity index (χ0n) is 9.69. The van der Waals surface area contributed by atoms with E-state index in [-0.39, 0.29) is 12.5 Å². The summed E-state index contributed by atoms with van der Waals surface area (Å²) in [6, 6.07) is 8.70.